The van der Waals surface area contributed by atoms with Crippen molar-refractivity contribution in [3.8, 4) is 0 Å². The Morgan fingerprint density at radius 3 is 2.90 bits per heavy atom. The Balaban J connectivity index is 2.46. The highest BCUT2D eigenvalue weighted by Gasteiger charge is 2.26. The van der Waals surface area contributed by atoms with E-state index in [1.807, 2.05) is 6.92 Å². The molecule has 1 atom stereocenters. The molecule has 3 heteroatoms. The van der Waals surface area contributed by atoms with Crippen LogP contribution >= 0.6 is 0 Å². The maximum Gasteiger partial charge on any atom is 0.151 e. The van der Waals surface area contributed by atoms with Crippen molar-refractivity contribution in [3.05, 3.63) is 0 Å². The van der Waals surface area contributed by atoms with E-state index in [0.717, 1.165) is 19.4 Å². The first-order chi connectivity index (χ1) is 4.75. The van der Waals surface area contributed by atoms with Gasteiger partial charge in [0.2, 0.25) is 0 Å². The highest BCUT2D eigenvalue weighted by molar-refractivity contribution is 5.83. The van der Waals surface area contributed by atoms with Crippen LogP contribution in [0.25, 0.3) is 0 Å². The van der Waals surface area contributed by atoms with Gasteiger partial charge in [-0.1, -0.05) is 6.92 Å². The van der Waals surface area contributed by atoms with Crippen LogP contribution in [0.4, 0.5) is 0 Å². The molecular weight excluding hydrogens is 128 g/mol. The van der Waals surface area contributed by atoms with Crippen LogP contribution in [0.3, 0.4) is 0 Å². The van der Waals surface area contributed by atoms with Crippen LogP contribution in [-0.4, -0.2) is 23.4 Å². The third kappa shape index (κ3) is 1.36. The first-order valence-electron chi connectivity index (χ1n) is 3.79. The molecule has 0 spiro atoms. The largest absolute Gasteiger partial charge is 0.298 e. The Morgan fingerprint density at radius 1 is 1.80 bits per heavy atom. The molecule has 0 amide bonds. The lowest BCUT2D eigenvalue weighted by atomic mass is 10.1. The van der Waals surface area contributed by atoms with Crippen molar-refractivity contribution in [2.24, 2.45) is 5.84 Å². The van der Waals surface area contributed by atoms with Crippen molar-refractivity contribution >= 4 is 5.78 Å². The third-order valence-corrected chi connectivity index (χ3v) is 2.01. The number of ketones is 1. The van der Waals surface area contributed by atoms with E-state index in [1.54, 1.807) is 5.01 Å². The smallest absolute Gasteiger partial charge is 0.151 e. The molecule has 0 bridgehead atoms. The molecule has 1 fully saturated rings. The van der Waals surface area contributed by atoms with Gasteiger partial charge in [0.1, 0.15) is 0 Å². The van der Waals surface area contributed by atoms with Crippen LogP contribution in [0, 0.1) is 0 Å². The van der Waals surface area contributed by atoms with E-state index >= 15 is 0 Å². The van der Waals surface area contributed by atoms with E-state index in [2.05, 4.69) is 0 Å². The number of hydrazine groups is 1. The summed E-state index contributed by atoms with van der Waals surface area (Å²) in [5, 5.41) is 1.66. The average molecular weight is 142 g/mol. The second-order valence-electron chi connectivity index (χ2n) is 2.72. The fourth-order valence-electron chi connectivity index (χ4n) is 1.37. The minimum absolute atomic E-state index is 0.0185. The zero-order chi connectivity index (χ0) is 7.56. The van der Waals surface area contributed by atoms with Gasteiger partial charge >= 0.3 is 0 Å². The number of rotatable bonds is 2. The summed E-state index contributed by atoms with van der Waals surface area (Å²) >= 11 is 0. The summed E-state index contributed by atoms with van der Waals surface area (Å²) in [4.78, 5) is 11.1. The van der Waals surface area contributed by atoms with Gasteiger partial charge in [0.05, 0.1) is 6.04 Å². The first-order valence-corrected chi connectivity index (χ1v) is 3.79. The van der Waals surface area contributed by atoms with Crippen molar-refractivity contribution in [1.29, 1.82) is 0 Å². The number of carbonyl (C=O) groups excluding carboxylic acids is 1. The second-order valence-corrected chi connectivity index (χ2v) is 2.72. The van der Waals surface area contributed by atoms with Crippen LogP contribution in [0.15, 0.2) is 0 Å². The molecule has 3 nitrogen and oxygen atoms in total. The van der Waals surface area contributed by atoms with Gasteiger partial charge in [0.15, 0.2) is 5.78 Å². The van der Waals surface area contributed by atoms with Gasteiger partial charge in [0.25, 0.3) is 0 Å². The van der Waals surface area contributed by atoms with Crippen LogP contribution in [-0.2, 0) is 4.79 Å². The van der Waals surface area contributed by atoms with Gasteiger partial charge in [0, 0.05) is 13.0 Å². The van der Waals surface area contributed by atoms with Crippen LogP contribution in [0.2, 0.25) is 0 Å². The van der Waals surface area contributed by atoms with E-state index < -0.39 is 0 Å². The number of nitrogens with zero attached hydrogens (tertiary/aromatic N) is 1. The number of carbonyl (C=O) groups is 1. The Labute approximate surface area is 61.2 Å². The molecule has 58 valence electrons. The SMILES string of the molecule is CCC(=O)[C@H]1CCCN1N. The minimum atomic E-state index is 0.0185. The topological polar surface area (TPSA) is 46.3 Å². The van der Waals surface area contributed by atoms with Crippen LogP contribution in [0.1, 0.15) is 26.2 Å². The highest BCUT2D eigenvalue weighted by Crippen LogP contribution is 2.14. The summed E-state index contributed by atoms with van der Waals surface area (Å²) in [5.41, 5.74) is 0. The molecule has 1 aliphatic heterocycles. The Morgan fingerprint density at radius 2 is 2.50 bits per heavy atom. The fraction of sp³-hybridized carbons (Fsp3) is 0.857. The molecule has 1 rings (SSSR count). The van der Waals surface area contributed by atoms with Crippen molar-refractivity contribution in [2.45, 2.75) is 32.2 Å². The Kier molecular flexibility index (Phi) is 2.40. The molecule has 0 unspecified atom stereocenters. The van der Waals surface area contributed by atoms with Crippen LogP contribution < -0.4 is 5.84 Å². The molecule has 1 heterocycles. The Bertz CT molecular complexity index is 136. The second kappa shape index (κ2) is 3.12. The summed E-state index contributed by atoms with van der Waals surface area (Å²) in [7, 11) is 0. The van der Waals surface area contributed by atoms with E-state index in [-0.39, 0.29) is 11.8 Å². The van der Waals surface area contributed by atoms with Gasteiger partial charge in [-0.05, 0) is 12.8 Å². The summed E-state index contributed by atoms with van der Waals surface area (Å²) in [5.74, 6) is 5.85. The minimum Gasteiger partial charge on any atom is -0.298 e. The molecule has 10 heavy (non-hydrogen) atoms. The predicted molar refractivity (Wildman–Crippen MR) is 39.2 cm³/mol. The standard InChI is InChI=1S/C7H14N2O/c1-2-7(10)6-4-3-5-9(6)8/h6H,2-5,8H2,1H3/t6-/m1/s1. The zero-order valence-electron chi connectivity index (χ0n) is 6.34. The van der Waals surface area contributed by atoms with Gasteiger partial charge in [-0.25, -0.2) is 5.01 Å². The van der Waals surface area contributed by atoms with E-state index in [4.69, 9.17) is 5.84 Å². The summed E-state index contributed by atoms with van der Waals surface area (Å²) in [6.45, 7) is 2.75. The molecule has 0 aliphatic carbocycles. The summed E-state index contributed by atoms with van der Waals surface area (Å²) < 4.78 is 0. The molecule has 1 aliphatic rings. The van der Waals surface area contributed by atoms with Gasteiger partial charge < -0.3 is 0 Å². The van der Waals surface area contributed by atoms with Crippen molar-refractivity contribution < 1.29 is 4.79 Å². The van der Waals surface area contributed by atoms with E-state index in [0.29, 0.717) is 6.42 Å². The van der Waals surface area contributed by atoms with E-state index in [9.17, 15) is 4.79 Å². The zero-order valence-corrected chi connectivity index (χ0v) is 6.34. The molecule has 2 N–H and O–H groups in total. The molecule has 0 saturated carbocycles. The number of hydrogen-bond acceptors (Lipinski definition) is 3. The van der Waals surface area contributed by atoms with Crippen molar-refractivity contribution in [2.75, 3.05) is 6.54 Å². The van der Waals surface area contributed by atoms with Crippen molar-refractivity contribution in [1.82, 2.24) is 5.01 Å². The first kappa shape index (κ1) is 7.69. The monoisotopic (exact) mass is 142 g/mol. The lowest BCUT2D eigenvalue weighted by Gasteiger charge is -2.16. The van der Waals surface area contributed by atoms with Crippen LogP contribution in [0.5, 0.6) is 0 Å². The normalized spacial score (nSPS) is 27.2. The van der Waals surface area contributed by atoms with Gasteiger partial charge in [-0.3, -0.25) is 10.6 Å². The molecular formula is C7H14N2O. The molecule has 0 aromatic carbocycles. The molecule has 0 aromatic heterocycles. The molecule has 0 radical (unpaired) electrons. The average Bonchev–Trinajstić information content (AvgIpc) is 2.34. The highest BCUT2D eigenvalue weighted by atomic mass is 16.1. The Hall–Kier alpha value is -0.410. The van der Waals surface area contributed by atoms with E-state index in [1.165, 1.54) is 0 Å². The predicted octanol–water partition coefficient (Wildman–Crippen LogP) is 0.304. The van der Waals surface area contributed by atoms with Crippen molar-refractivity contribution in [3.63, 3.8) is 0 Å². The third-order valence-electron chi connectivity index (χ3n) is 2.01. The number of hydrogen-bond donors (Lipinski definition) is 1. The quantitative estimate of drug-likeness (QED) is 0.564. The lowest BCUT2D eigenvalue weighted by molar-refractivity contribution is -0.123. The molecule has 0 aromatic rings. The maximum absolute atomic E-state index is 11.1. The number of nitrogens with two attached hydrogens (primary N) is 1. The fourth-order valence-corrected chi connectivity index (χ4v) is 1.37. The molecule has 1 saturated heterocycles. The van der Waals surface area contributed by atoms with Gasteiger partial charge in [-0.2, -0.15) is 0 Å². The number of Topliss-reactive ketones (excluding diaryl/α,β-unsaturated/α-hetero) is 1. The lowest BCUT2D eigenvalue weighted by Crippen LogP contribution is -2.40. The maximum atomic E-state index is 11.1. The van der Waals surface area contributed by atoms with Gasteiger partial charge in [-0.15, -0.1) is 0 Å². The summed E-state index contributed by atoms with van der Waals surface area (Å²) in [6.07, 6.45) is 2.62. The summed E-state index contributed by atoms with van der Waals surface area (Å²) in [6, 6.07) is 0.0185.